The van der Waals surface area contributed by atoms with E-state index in [1.807, 2.05) is 19.1 Å². The first-order valence-electron chi connectivity index (χ1n) is 8.19. The molecular formula is C18H17Cl2N5O2S. The van der Waals surface area contributed by atoms with Crippen molar-refractivity contribution >= 4 is 46.6 Å². The number of hydrogen-bond acceptors (Lipinski definition) is 6. The van der Waals surface area contributed by atoms with Crippen molar-refractivity contribution < 1.29 is 9.53 Å². The second kappa shape index (κ2) is 9.18. The molecule has 0 saturated carbocycles. The molecule has 28 heavy (non-hydrogen) atoms. The topological polar surface area (TPSA) is 95.1 Å². The molecule has 0 unspecified atom stereocenters. The van der Waals surface area contributed by atoms with Gasteiger partial charge in [0.25, 0.3) is 0 Å². The molecule has 1 aromatic heterocycles. The van der Waals surface area contributed by atoms with E-state index in [1.165, 1.54) is 4.68 Å². The molecule has 1 heterocycles. The second-order valence-corrected chi connectivity index (χ2v) is 7.62. The first-order chi connectivity index (χ1) is 13.4. The minimum absolute atomic E-state index is 0.0992. The van der Waals surface area contributed by atoms with E-state index in [9.17, 15) is 4.79 Å². The van der Waals surface area contributed by atoms with Crippen molar-refractivity contribution in [2.45, 2.75) is 18.7 Å². The van der Waals surface area contributed by atoms with Crippen molar-refractivity contribution in [3.8, 4) is 5.75 Å². The third-order valence-electron chi connectivity index (χ3n) is 3.62. The zero-order valence-electron chi connectivity index (χ0n) is 14.9. The molecule has 0 saturated heterocycles. The highest BCUT2D eigenvalue weighted by Crippen LogP contribution is 2.26. The van der Waals surface area contributed by atoms with E-state index >= 15 is 0 Å². The van der Waals surface area contributed by atoms with Gasteiger partial charge in [-0.1, -0.05) is 47.1 Å². The fraction of sp³-hybridized carbons (Fsp3) is 0.167. The molecule has 0 radical (unpaired) electrons. The number of nitrogens with two attached hydrogens (primary N) is 1. The molecule has 2 aromatic carbocycles. The van der Waals surface area contributed by atoms with Gasteiger partial charge in [-0.25, -0.2) is 4.68 Å². The van der Waals surface area contributed by atoms with E-state index < -0.39 is 0 Å². The number of anilines is 1. The molecule has 0 fully saturated rings. The summed E-state index contributed by atoms with van der Waals surface area (Å²) >= 11 is 13.2. The quantitative estimate of drug-likeness (QED) is 0.429. The van der Waals surface area contributed by atoms with E-state index in [1.54, 1.807) is 30.3 Å². The maximum absolute atomic E-state index is 12.1. The Labute approximate surface area is 176 Å². The molecule has 0 spiro atoms. The number of nitrogens with one attached hydrogen (secondary N) is 1. The summed E-state index contributed by atoms with van der Waals surface area (Å²) in [6.07, 6.45) is 0. The fourth-order valence-corrected chi connectivity index (χ4v) is 3.30. The molecule has 3 rings (SSSR count). The second-order valence-electron chi connectivity index (χ2n) is 5.84. The van der Waals surface area contributed by atoms with Crippen molar-refractivity contribution in [1.82, 2.24) is 14.9 Å². The predicted octanol–water partition coefficient (Wildman–Crippen LogP) is 3.92. The van der Waals surface area contributed by atoms with Crippen LogP contribution in [0.1, 0.15) is 11.4 Å². The number of amides is 1. The zero-order valence-corrected chi connectivity index (χ0v) is 17.2. The first kappa shape index (κ1) is 20.3. The number of hydrogen-bond donors (Lipinski definition) is 2. The fourth-order valence-electron chi connectivity index (χ4n) is 2.26. The molecule has 0 aliphatic carbocycles. The van der Waals surface area contributed by atoms with E-state index in [4.69, 9.17) is 33.8 Å². The van der Waals surface area contributed by atoms with Crippen LogP contribution in [0.4, 0.5) is 5.69 Å². The number of nitrogens with zero attached hydrogens (tertiary/aromatic N) is 3. The lowest BCUT2D eigenvalue weighted by Crippen LogP contribution is -2.18. The molecule has 0 aliphatic rings. The van der Waals surface area contributed by atoms with Gasteiger partial charge in [0.1, 0.15) is 12.4 Å². The SMILES string of the molecule is Cc1ccc(Cl)c(OCc2nnc(SCC(=O)Nc3cccc(Cl)c3)n2N)c1. The number of carbonyl (C=O) groups excluding carboxylic acids is 1. The molecule has 146 valence electrons. The van der Waals surface area contributed by atoms with Crippen molar-refractivity contribution in [1.29, 1.82) is 0 Å². The van der Waals surface area contributed by atoms with E-state index in [0.717, 1.165) is 17.3 Å². The van der Waals surface area contributed by atoms with Gasteiger partial charge in [-0.05, 0) is 42.8 Å². The van der Waals surface area contributed by atoms with Gasteiger partial charge in [0, 0.05) is 10.7 Å². The molecule has 7 nitrogen and oxygen atoms in total. The third-order valence-corrected chi connectivity index (χ3v) is 5.11. The van der Waals surface area contributed by atoms with Crippen molar-refractivity contribution in [3.05, 3.63) is 63.9 Å². The summed E-state index contributed by atoms with van der Waals surface area (Å²) in [6.45, 7) is 2.04. The Morgan fingerprint density at radius 2 is 2.07 bits per heavy atom. The number of thioether (sulfide) groups is 1. The normalized spacial score (nSPS) is 10.7. The highest BCUT2D eigenvalue weighted by atomic mass is 35.5. The Balaban J connectivity index is 1.55. The molecule has 0 aliphatic heterocycles. The van der Waals surface area contributed by atoms with Crippen molar-refractivity contribution in [2.24, 2.45) is 0 Å². The summed E-state index contributed by atoms with van der Waals surface area (Å²) in [5.74, 6) is 6.87. The van der Waals surface area contributed by atoms with Gasteiger partial charge in [0.2, 0.25) is 11.1 Å². The maximum atomic E-state index is 12.1. The van der Waals surface area contributed by atoms with Crippen LogP contribution in [0.2, 0.25) is 10.0 Å². The number of aryl methyl sites for hydroxylation is 1. The lowest BCUT2D eigenvalue weighted by molar-refractivity contribution is -0.113. The molecule has 1 amide bonds. The zero-order chi connectivity index (χ0) is 20.1. The summed E-state index contributed by atoms with van der Waals surface area (Å²) in [5.41, 5.74) is 1.65. The van der Waals surface area contributed by atoms with Crippen LogP contribution in [0.25, 0.3) is 0 Å². The molecule has 10 heteroatoms. The Morgan fingerprint density at radius 3 is 2.86 bits per heavy atom. The number of halogens is 2. The number of carbonyl (C=O) groups is 1. The highest BCUT2D eigenvalue weighted by molar-refractivity contribution is 7.99. The maximum Gasteiger partial charge on any atom is 0.234 e. The van der Waals surface area contributed by atoms with E-state index in [0.29, 0.717) is 32.5 Å². The molecule has 3 aromatic rings. The van der Waals surface area contributed by atoms with Gasteiger partial charge in [0.05, 0.1) is 10.8 Å². The minimum Gasteiger partial charge on any atom is -0.484 e. The largest absolute Gasteiger partial charge is 0.484 e. The molecule has 3 N–H and O–H groups in total. The standard InChI is InChI=1S/C18H17Cl2N5O2S/c1-11-5-6-14(20)15(7-11)27-9-16-23-24-18(25(16)21)28-10-17(26)22-13-4-2-3-12(19)8-13/h2-8H,9-10,21H2,1H3,(H,22,26). The lowest BCUT2D eigenvalue weighted by Gasteiger charge is -2.09. The monoisotopic (exact) mass is 437 g/mol. The Bertz CT molecular complexity index is 996. The summed E-state index contributed by atoms with van der Waals surface area (Å²) in [7, 11) is 0. The third kappa shape index (κ3) is 5.31. The number of nitrogen functional groups attached to an aromatic ring is 1. The summed E-state index contributed by atoms with van der Waals surface area (Å²) < 4.78 is 6.97. The number of rotatable bonds is 7. The number of aromatic nitrogens is 3. The van der Waals surface area contributed by atoms with Crippen LogP contribution in [0.3, 0.4) is 0 Å². The van der Waals surface area contributed by atoms with Gasteiger partial charge in [-0.15, -0.1) is 10.2 Å². The smallest absolute Gasteiger partial charge is 0.234 e. The van der Waals surface area contributed by atoms with Gasteiger partial charge in [-0.2, -0.15) is 0 Å². The first-order valence-corrected chi connectivity index (χ1v) is 9.93. The minimum atomic E-state index is -0.209. The summed E-state index contributed by atoms with van der Waals surface area (Å²) in [5, 5.41) is 12.2. The summed E-state index contributed by atoms with van der Waals surface area (Å²) in [6, 6.07) is 12.4. The Kier molecular flexibility index (Phi) is 6.66. The van der Waals surface area contributed by atoms with Gasteiger partial charge in [0.15, 0.2) is 5.82 Å². The summed E-state index contributed by atoms with van der Waals surface area (Å²) in [4.78, 5) is 12.1. The van der Waals surface area contributed by atoms with Crippen molar-refractivity contribution in [3.63, 3.8) is 0 Å². The predicted molar refractivity (Wildman–Crippen MR) is 111 cm³/mol. The number of ether oxygens (including phenoxy) is 1. The molecular weight excluding hydrogens is 421 g/mol. The Morgan fingerprint density at radius 1 is 1.25 bits per heavy atom. The van der Waals surface area contributed by atoms with Crippen molar-refractivity contribution in [2.75, 3.05) is 16.9 Å². The highest BCUT2D eigenvalue weighted by Gasteiger charge is 2.14. The van der Waals surface area contributed by atoms with E-state index in [-0.39, 0.29) is 18.3 Å². The Hall–Kier alpha value is -2.42. The van der Waals surface area contributed by atoms with Crippen LogP contribution < -0.4 is 15.9 Å². The molecule has 0 atom stereocenters. The van der Waals surface area contributed by atoms with Gasteiger partial charge >= 0.3 is 0 Å². The average Bonchev–Trinajstić information content (AvgIpc) is 3.00. The van der Waals surface area contributed by atoms with Crippen LogP contribution >= 0.6 is 35.0 Å². The van der Waals surface area contributed by atoms with Gasteiger partial charge in [-0.3, -0.25) is 4.79 Å². The lowest BCUT2D eigenvalue weighted by atomic mass is 10.2. The van der Waals surface area contributed by atoms with E-state index in [2.05, 4.69) is 15.5 Å². The van der Waals surface area contributed by atoms with Crippen LogP contribution in [0.5, 0.6) is 5.75 Å². The van der Waals surface area contributed by atoms with Crippen LogP contribution in [0, 0.1) is 6.92 Å². The van der Waals surface area contributed by atoms with Gasteiger partial charge < -0.3 is 15.9 Å². The van der Waals surface area contributed by atoms with Crippen LogP contribution in [-0.2, 0) is 11.4 Å². The van der Waals surface area contributed by atoms with Crippen LogP contribution in [-0.4, -0.2) is 26.5 Å². The number of benzene rings is 2. The van der Waals surface area contributed by atoms with Crippen LogP contribution in [0.15, 0.2) is 47.6 Å². The molecule has 0 bridgehead atoms. The average molecular weight is 438 g/mol.